The largest absolute Gasteiger partial charge is 0.453 e. The maximum Gasteiger partial charge on any atom is 0.409 e. The summed E-state index contributed by atoms with van der Waals surface area (Å²) in [4.78, 5) is 37.4. The zero-order valence-corrected chi connectivity index (χ0v) is 21.0. The zero-order valence-electron chi connectivity index (χ0n) is 20.2. The molecule has 5 rings (SSSR count). The van der Waals surface area contributed by atoms with E-state index in [2.05, 4.69) is 26.7 Å². The number of carbonyl (C=O) groups is 2. The van der Waals surface area contributed by atoms with Gasteiger partial charge in [-0.1, -0.05) is 0 Å². The average Bonchev–Trinajstić information content (AvgIpc) is 3.51. The number of nitrogens with zero attached hydrogens (tertiary/aromatic N) is 5. The first kappa shape index (κ1) is 23.3. The molecule has 0 radical (unpaired) electrons. The van der Waals surface area contributed by atoms with Gasteiger partial charge in [0.1, 0.15) is 10.8 Å². The van der Waals surface area contributed by atoms with E-state index in [9.17, 15) is 9.59 Å². The highest BCUT2D eigenvalue weighted by Gasteiger charge is 2.42. The van der Waals surface area contributed by atoms with E-state index < -0.39 is 0 Å². The highest BCUT2D eigenvalue weighted by Crippen LogP contribution is 2.43. The monoisotopic (exact) mass is 486 g/mol. The first-order valence-electron chi connectivity index (χ1n) is 12.3. The molecule has 3 aliphatic heterocycles. The van der Waals surface area contributed by atoms with Gasteiger partial charge < -0.3 is 19.5 Å². The number of nitrogens with one attached hydrogen (secondary N) is 1. The Kier molecular flexibility index (Phi) is 6.61. The summed E-state index contributed by atoms with van der Waals surface area (Å²) in [6.45, 7) is 5.86. The standard InChI is InChI=1S/C24H34N6O3S/c1-15-26-21-14-28(24(32)33-3)9-7-22(21)30(15)19-12-17-4-5-18(13-19)29(17)10-6-20(27-16(2)31)23-25-8-11-34-23/h8,11,17-20H,4-7,9-10,12-14H2,1-3H3,(H,27,31)/t17?,18?,19?,20-/m0/s1. The second-order valence-corrected chi connectivity index (χ2v) is 10.7. The molecular weight excluding hydrogens is 452 g/mol. The average molecular weight is 487 g/mol. The lowest BCUT2D eigenvalue weighted by Crippen LogP contribution is -2.45. The molecule has 2 aromatic rings. The molecule has 2 amide bonds. The lowest BCUT2D eigenvalue weighted by atomic mass is 9.95. The van der Waals surface area contributed by atoms with Crippen molar-refractivity contribution in [1.82, 2.24) is 29.7 Å². The van der Waals surface area contributed by atoms with Crippen LogP contribution in [0.3, 0.4) is 0 Å². The summed E-state index contributed by atoms with van der Waals surface area (Å²) in [7, 11) is 1.43. The molecule has 2 saturated heterocycles. The second-order valence-electron chi connectivity index (χ2n) is 9.72. The Morgan fingerprint density at radius 3 is 2.68 bits per heavy atom. The fourth-order valence-corrected chi connectivity index (χ4v) is 7.04. The number of methoxy groups -OCH3 is 1. The molecule has 34 heavy (non-hydrogen) atoms. The van der Waals surface area contributed by atoms with E-state index in [1.54, 1.807) is 23.2 Å². The number of amides is 2. The SMILES string of the molecule is COC(=O)N1CCc2c(nc(C)n2C2CC3CCC(C2)N3CC[C@H](NC(C)=O)c2nccs2)C1. The van der Waals surface area contributed by atoms with Gasteiger partial charge >= 0.3 is 6.09 Å². The van der Waals surface area contributed by atoms with Crippen LogP contribution in [-0.4, -0.2) is 68.6 Å². The van der Waals surface area contributed by atoms with Crippen molar-refractivity contribution in [3.63, 3.8) is 0 Å². The molecule has 2 fully saturated rings. The van der Waals surface area contributed by atoms with Crippen LogP contribution in [0.15, 0.2) is 11.6 Å². The second kappa shape index (κ2) is 9.65. The van der Waals surface area contributed by atoms with Crippen molar-refractivity contribution < 1.29 is 14.3 Å². The molecule has 0 saturated carbocycles. The lowest BCUT2D eigenvalue weighted by molar-refractivity contribution is -0.119. The minimum Gasteiger partial charge on any atom is -0.453 e. The fourth-order valence-electron chi connectivity index (χ4n) is 6.32. The number of aryl methyl sites for hydroxylation is 1. The zero-order chi connectivity index (χ0) is 23.8. The molecule has 0 spiro atoms. The number of hydrogen-bond donors (Lipinski definition) is 1. The van der Waals surface area contributed by atoms with Crippen LogP contribution in [0.5, 0.6) is 0 Å². The van der Waals surface area contributed by atoms with Crippen molar-refractivity contribution in [3.05, 3.63) is 33.8 Å². The quantitative estimate of drug-likeness (QED) is 0.674. The molecule has 5 heterocycles. The van der Waals surface area contributed by atoms with Crippen molar-refractivity contribution in [2.75, 3.05) is 20.2 Å². The van der Waals surface area contributed by atoms with Gasteiger partial charge in [0.2, 0.25) is 5.91 Å². The van der Waals surface area contributed by atoms with Crippen molar-refractivity contribution in [2.24, 2.45) is 0 Å². The summed E-state index contributed by atoms with van der Waals surface area (Å²) in [5.41, 5.74) is 2.32. The number of carbonyl (C=O) groups excluding carboxylic acids is 2. The first-order chi connectivity index (χ1) is 16.4. The van der Waals surface area contributed by atoms with Crippen LogP contribution < -0.4 is 5.32 Å². The van der Waals surface area contributed by atoms with Crippen LogP contribution in [0.2, 0.25) is 0 Å². The van der Waals surface area contributed by atoms with Crippen molar-refractivity contribution in [2.45, 2.75) is 83.1 Å². The molecule has 3 aliphatic rings. The number of ether oxygens (including phenoxy) is 1. The summed E-state index contributed by atoms with van der Waals surface area (Å²) in [5.74, 6) is 1.05. The first-order valence-corrected chi connectivity index (χ1v) is 13.1. The van der Waals surface area contributed by atoms with Gasteiger partial charge in [0.15, 0.2) is 0 Å². The van der Waals surface area contributed by atoms with Gasteiger partial charge in [-0.2, -0.15) is 0 Å². The highest BCUT2D eigenvalue weighted by molar-refractivity contribution is 7.09. The van der Waals surface area contributed by atoms with E-state index in [1.165, 1.54) is 25.6 Å². The molecule has 9 nitrogen and oxygen atoms in total. The smallest absolute Gasteiger partial charge is 0.409 e. The maximum atomic E-state index is 12.0. The predicted octanol–water partition coefficient (Wildman–Crippen LogP) is 3.21. The molecular formula is C24H34N6O3S. The number of thiazole rings is 1. The van der Waals surface area contributed by atoms with E-state index in [0.29, 0.717) is 31.2 Å². The Bertz CT molecular complexity index is 1020. The summed E-state index contributed by atoms with van der Waals surface area (Å²) in [6, 6.07) is 1.56. The fraction of sp³-hybridized carbons (Fsp3) is 0.667. The lowest BCUT2D eigenvalue weighted by Gasteiger charge is -2.41. The van der Waals surface area contributed by atoms with Gasteiger partial charge in [0, 0.05) is 61.8 Å². The molecule has 2 bridgehead atoms. The normalized spacial score (nSPS) is 25.1. The van der Waals surface area contributed by atoms with Crippen molar-refractivity contribution >= 4 is 23.3 Å². The minimum absolute atomic E-state index is 0.00648. The molecule has 2 unspecified atom stereocenters. The molecule has 2 aromatic heterocycles. The van der Waals surface area contributed by atoms with E-state index >= 15 is 0 Å². The van der Waals surface area contributed by atoms with E-state index in [4.69, 9.17) is 9.72 Å². The highest BCUT2D eigenvalue weighted by atomic mass is 32.1. The van der Waals surface area contributed by atoms with Crippen LogP contribution in [0.1, 0.15) is 73.3 Å². The van der Waals surface area contributed by atoms with Gasteiger partial charge in [-0.3, -0.25) is 9.69 Å². The summed E-state index contributed by atoms with van der Waals surface area (Å²) in [6.07, 6.45) is 7.96. The number of aromatic nitrogens is 3. The summed E-state index contributed by atoms with van der Waals surface area (Å²) < 4.78 is 7.39. The molecule has 0 aromatic carbocycles. The number of hydrogen-bond acceptors (Lipinski definition) is 7. The summed E-state index contributed by atoms with van der Waals surface area (Å²) in [5, 5.41) is 6.05. The number of fused-ring (bicyclic) bond motifs is 3. The van der Waals surface area contributed by atoms with E-state index in [-0.39, 0.29) is 18.0 Å². The molecule has 0 aliphatic carbocycles. The predicted molar refractivity (Wildman–Crippen MR) is 129 cm³/mol. The van der Waals surface area contributed by atoms with Gasteiger partial charge in [0.05, 0.1) is 25.4 Å². The van der Waals surface area contributed by atoms with E-state index in [0.717, 1.165) is 48.8 Å². The van der Waals surface area contributed by atoms with Gasteiger partial charge in [-0.15, -0.1) is 11.3 Å². The number of imidazole rings is 1. The van der Waals surface area contributed by atoms with Crippen LogP contribution in [0, 0.1) is 6.92 Å². The van der Waals surface area contributed by atoms with Gasteiger partial charge in [-0.25, -0.2) is 14.8 Å². The third kappa shape index (κ3) is 4.45. The molecule has 10 heteroatoms. The Labute approximate surface area is 204 Å². The van der Waals surface area contributed by atoms with E-state index in [1.807, 2.05) is 11.6 Å². The maximum absolute atomic E-state index is 12.0. The van der Waals surface area contributed by atoms with Crippen molar-refractivity contribution in [3.8, 4) is 0 Å². The van der Waals surface area contributed by atoms with Crippen LogP contribution in [0.4, 0.5) is 4.79 Å². The summed E-state index contributed by atoms with van der Waals surface area (Å²) >= 11 is 1.61. The van der Waals surface area contributed by atoms with Crippen molar-refractivity contribution in [1.29, 1.82) is 0 Å². The van der Waals surface area contributed by atoms with Crippen LogP contribution >= 0.6 is 11.3 Å². The Balaban J connectivity index is 1.26. The minimum atomic E-state index is -0.278. The Morgan fingerprint density at radius 2 is 2.03 bits per heavy atom. The van der Waals surface area contributed by atoms with Gasteiger partial charge in [-0.05, 0) is 39.0 Å². The topological polar surface area (TPSA) is 92.6 Å². The Hall–Kier alpha value is -2.46. The third-order valence-corrected chi connectivity index (χ3v) is 8.58. The third-order valence-electron chi connectivity index (χ3n) is 7.69. The van der Waals surface area contributed by atoms with Crippen LogP contribution in [0.25, 0.3) is 0 Å². The number of piperidine rings is 1. The van der Waals surface area contributed by atoms with Crippen LogP contribution in [-0.2, 0) is 22.5 Å². The molecule has 3 atom stereocenters. The molecule has 1 N–H and O–H groups in total. The number of rotatable bonds is 6. The molecule has 184 valence electrons. The van der Waals surface area contributed by atoms with Gasteiger partial charge in [0.25, 0.3) is 0 Å². The Morgan fingerprint density at radius 1 is 1.26 bits per heavy atom.